The van der Waals surface area contributed by atoms with Crippen LogP contribution in [-0.2, 0) is 20.9 Å². The number of carbonyl (C=O) groups excluding carboxylic acids is 1. The number of anilines is 1. The van der Waals surface area contributed by atoms with E-state index in [2.05, 4.69) is 69.6 Å². The topological polar surface area (TPSA) is 54.4 Å². The van der Waals surface area contributed by atoms with Gasteiger partial charge in [-0.1, -0.05) is 47.6 Å². The molecule has 0 saturated carbocycles. The number of piperazine rings is 1. The Morgan fingerprint density at radius 2 is 1.79 bits per heavy atom. The van der Waals surface area contributed by atoms with E-state index in [1.54, 1.807) is 0 Å². The molecule has 2 aromatic carbocycles. The third-order valence-corrected chi connectivity index (χ3v) is 5.34. The molecule has 1 saturated heterocycles. The van der Waals surface area contributed by atoms with E-state index in [0.717, 1.165) is 38.3 Å². The fourth-order valence-corrected chi connectivity index (χ4v) is 3.70. The molecule has 2 heterocycles. The van der Waals surface area contributed by atoms with Crippen molar-refractivity contribution in [2.24, 2.45) is 5.16 Å². The minimum absolute atomic E-state index is 0.217. The molecule has 1 atom stereocenters. The highest BCUT2D eigenvalue weighted by atomic mass is 16.6. The van der Waals surface area contributed by atoms with Gasteiger partial charge in [-0.3, -0.25) is 4.90 Å². The molecule has 2 aromatic rings. The van der Waals surface area contributed by atoms with Crippen molar-refractivity contribution in [2.75, 3.05) is 38.2 Å². The highest BCUT2D eigenvalue weighted by molar-refractivity contribution is 6.36. The summed E-state index contributed by atoms with van der Waals surface area (Å²) >= 11 is 0. The van der Waals surface area contributed by atoms with Gasteiger partial charge in [-0.05, 0) is 23.3 Å². The zero-order valence-corrected chi connectivity index (χ0v) is 16.1. The number of esters is 1. The first-order valence-corrected chi connectivity index (χ1v) is 9.65. The Bertz CT molecular complexity index is 828. The van der Waals surface area contributed by atoms with Crippen LogP contribution in [0, 0.1) is 0 Å². The number of nitrogens with zero attached hydrogens (tertiary/aromatic N) is 3. The van der Waals surface area contributed by atoms with Gasteiger partial charge in [0.2, 0.25) is 0 Å². The number of rotatable bonds is 5. The highest BCUT2D eigenvalue weighted by Crippen LogP contribution is 2.29. The Balaban J connectivity index is 1.30. The van der Waals surface area contributed by atoms with Crippen LogP contribution in [0.15, 0.2) is 59.8 Å². The average Bonchev–Trinajstić information content (AvgIpc) is 3.25. The van der Waals surface area contributed by atoms with E-state index in [1.807, 2.05) is 0 Å². The Morgan fingerprint density at radius 3 is 2.46 bits per heavy atom. The number of benzene rings is 2. The van der Waals surface area contributed by atoms with Crippen LogP contribution in [0.25, 0.3) is 0 Å². The number of ether oxygens (including phenoxy) is 1. The molecule has 6 nitrogen and oxygen atoms in total. The van der Waals surface area contributed by atoms with E-state index in [1.165, 1.54) is 18.4 Å². The van der Waals surface area contributed by atoms with Gasteiger partial charge >= 0.3 is 5.97 Å². The predicted octanol–water partition coefficient (Wildman–Crippen LogP) is 3.00. The zero-order valence-electron chi connectivity index (χ0n) is 16.1. The highest BCUT2D eigenvalue weighted by Gasteiger charge is 2.28. The summed E-state index contributed by atoms with van der Waals surface area (Å²) < 4.78 is 4.70. The first kappa shape index (κ1) is 18.5. The third-order valence-electron chi connectivity index (χ3n) is 5.34. The normalized spacial score (nSPS) is 19.8. The molecule has 0 N–H and O–H groups in total. The fraction of sp³-hybridized carbons (Fsp3) is 0.364. The van der Waals surface area contributed by atoms with E-state index in [0.29, 0.717) is 12.1 Å². The van der Waals surface area contributed by atoms with Gasteiger partial charge in [0, 0.05) is 44.8 Å². The van der Waals surface area contributed by atoms with E-state index in [9.17, 15) is 4.79 Å². The van der Waals surface area contributed by atoms with Crippen LogP contribution in [0.5, 0.6) is 0 Å². The SMILES string of the molecule is COC(=O)C1=NOC(c2ccc(N3CCN(Cc4ccccc4)CC3)cc2)C1. The molecule has 0 amide bonds. The molecule has 2 aliphatic rings. The van der Waals surface area contributed by atoms with Crippen molar-refractivity contribution in [2.45, 2.75) is 19.1 Å². The minimum atomic E-state index is -0.424. The second-order valence-electron chi connectivity index (χ2n) is 7.17. The van der Waals surface area contributed by atoms with E-state index >= 15 is 0 Å². The number of hydrogen-bond donors (Lipinski definition) is 0. The van der Waals surface area contributed by atoms with Crippen molar-refractivity contribution in [3.8, 4) is 0 Å². The lowest BCUT2D eigenvalue weighted by Crippen LogP contribution is -2.45. The van der Waals surface area contributed by atoms with Crippen LogP contribution in [0.1, 0.15) is 23.7 Å². The maximum atomic E-state index is 11.5. The first-order chi connectivity index (χ1) is 13.7. The van der Waals surface area contributed by atoms with Crippen LogP contribution in [0.3, 0.4) is 0 Å². The lowest BCUT2D eigenvalue weighted by molar-refractivity contribution is -0.132. The maximum Gasteiger partial charge on any atom is 0.355 e. The van der Waals surface area contributed by atoms with Gasteiger partial charge < -0.3 is 14.5 Å². The molecule has 0 spiro atoms. The van der Waals surface area contributed by atoms with Gasteiger partial charge in [0.1, 0.15) is 0 Å². The van der Waals surface area contributed by atoms with Crippen LogP contribution in [-0.4, -0.2) is 49.9 Å². The molecule has 6 heteroatoms. The van der Waals surface area contributed by atoms with Crippen molar-refractivity contribution in [3.05, 3.63) is 65.7 Å². The Labute approximate surface area is 165 Å². The van der Waals surface area contributed by atoms with Crippen LogP contribution >= 0.6 is 0 Å². The summed E-state index contributed by atoms with van der Waals surface area (Å²) in [5.41, 5.74) is 3.95. The predicted molar refractivity (Wildman–Crippen MR) is 108 cm³/mol. The van der Waals surface area contributed by atoms with Crippen LogP contribution < -0.4 is 4.90 Å². The van der Waals surface area contributed by atoms with Crippen molar-refractivity contribution in [1.82, 2.24) is 4.90 Å². The summed E-state index contributed by atoms with van der Waals surface area (Å²) in [5.74, 6) is -0.424. The van der Waals surface area contributed by atoms with E-state index in [-0.39, 0.29) is 6.10 Å². The molecule has 1 fully saturated rings. The van der Waals surface area contributed by atoms with Gasteiger partial charge in [-0.2, -0.15) is 0 Å². The summed E-state index contributed by atoms with van der Waals surface area (Å²) in [4.78, 5) is 21.9. The average molecular weight is 379 g/mol. The summed E-state index contributed by atoms with van der Waals surface area (Å²) in [6, 6.07) is 19.0. The van der Waals surface area contributed by atoms with E-state index < -0.39 is 5.97 Å². The number of carbonyl (C=O) groups is 1. The monoisotopic (exact) mass is 379 g/mol. The quantitative estimate of drug-likeness (QED) is 0.748. The molecule has 0 bridgehead atoms. The van der Waals surface area contributed by atoms with Gasteiger partial charge in [0.05, 0.1) is 7.11 Å². The molecule has 146 valence electrons. The molecule has 1 unspecified atom stereocenters. The Hall–Kier alpha value is -2.86. The van der Waals surface area contributed by atoms with E-state index in [4.69, 9.17) is 9.57 Å². The standard InChI is InChI=1S/C22H25N3O3/c1-27-22(26)20-15-21(28-23-20)18-7-9-19(10-8-18)25-13-11-24(12-14-25)16-17-5-3-2-4-6-17/h2-10,21H,11-16H2,1H3. The summed E-state index contributed by atoms with van der Waals surface area (Å²) in [6.07, 6.45) is 0.232. The molecule has 28 heavy (non-hydrogen) atoms. The van der Waals surface area contributed by atoms with Gasteiger partial charge in [0.15, 0.2) is 11.8 Å². The second-order valence-corrected chi connectivity index (χ2v) is 7.17. The first-order valence-electron chi connectivity index (χ1n) is 9.65. The molecule has 2 aliphatic heterocycles. The van der Waals surface area contributed by atoms with Gasteiger partial charge in [-0.25, -0.2) is 4.79 Å². The lowest BCUT2D eigenvalue weighted by Gasteiger charge is -2.36. The van der Waals surface area contributed by atoms with Crippen LogP contribution in [0.4, 0.5) is 5.69 Å². The molecule has 0 radical (unpaired) electrons. The smallest absolute Gasteiger partial charge is 0.355 e. The third kappa shape index (κ3) is 4.17. The summed E-state index contributed by atoms with van der Waals surface area (Å²) in [5, 5.41) is 3.85. The van der Waals surface area contributed by atoms with Crippen molar-refractivity contribution >= 4 is 17.4 Å². The second kappa shape index (κ2) is 8.44. The lowest BCUT2D eigenvalue weighted by atomic mass is 10.0. The summed E-state index contributed by atoms with van der Waals surface area (Å²) in [6.45, 7) is 5.15. The number of methoxy groups -OCH3 is 1. The minimum Gasteiger partial charge on any atom is -0.464 e. The molecule has 4 rings (SSSR count). The number of oxime groups is 1. The van der Waals surface area contributed by atoms with Crippen molar-refractivity contribution < 1.29 is 14.4 Å². The molecule has 0 aromatic heterocycles. The number of hydrogen-bond acceptors (Lipinski definition) is 6. The largest absolute Gasteiger partial charge is 0.464 e. The Morgan fingerprint density at radius 1 is 1.07 bits per heavy atom. The van der Waals surface area contributed by atoms with Crippen molar-refractivity contribution in [1.29, 1.82) is 0 Å². The summed E-state index contributed by atoms with van der Waals surface area (Å²) in [7, 11) is 1.35. The van der Waals surface area contributed by atoms with Crippen molar-refractivity contribution in [3.63, 3.8) is 0 Å². The molecular weight excluding hydrogens is 354 g/mol. The van der Waals surface area contributed by atoms with Gasteiger partial charge in [-0.15, -0.1) is 0 Å². The van der Waals surface area contributed by atoms with Crippen LogP contribution in [0.2, 0.25) is 0 Å². The molecular formula is C22H25N3O3. The van der Waals surface area contributed by atoms with Gasteiger partial charge in [0.25, 0.3) is 0 Å². The molecule has 0 aliphatic carbocycles. The zero-order chi connectivity index (χ0) is 19.3. The maximum absolute atomic E-state index is 11.5. The Kier molecular flexibility index (Phi) is 5.58. The fourth-order valence-electron chi connectivity index (χ4n) is 3.70.